The molecule has 0 atom stereocenters. The molecule has 1 heterocycles. The molecule has 4 bridgehead atoms. The number of halogens is 2. The topological polar surface area (TPSA) is 22.0 Å². The summed E-state index contributed by atoms with van der Waals surface area (Å²) in [5.74, 6) is 4.01. The summed E-state index contributed by atoms with van der Waals surface area (Å²) < 4.78 is 2.24. The minimum Gasteiger partial charge on any atom is -0.343 e. The van der Waals surface area contributed by atoms with Gasteiger partial charge in [-0.25, -0.2) is 0 Å². The van der Waals surface area contributed by atoms with E-state index in [-0.39, 0.29) is 5.41 Å². The number of nitrogens with zero attached hydrogens (tertiary/aromatic N) is 1. The highest BCUT2D eigenvalue weighted by atomic mass is 35.5. The molecule has 2 aromatic rings. The molecule has 0 N–H and O–H groups in total. The Morgan fingerprint density at radius 3 is 2.37 bits per heavy atom. The number of hydrogen-bond acceptors (Lipinski definition) is 2. The lowest BCUT2D eigenvalue weighted by Crippen LogP contribution is -2.46. The SMILES string of the molecule is CSCCCn1c(C)c(C(=O)CC23CC4CC(CC(C4)C2)C3)c2ccc(Cl)c(Cl)c21. The van der Waals surface area contributed by atoms with E-state index >= 15 is 0 Å². The molecule has 30 heavy (non-hydrogen) atoms. The first kappa shape index (κ1) is 21.2. The lowest BCUT2D eigenvalue weighted by Gasteiger charge is -2.56. The number of aryl methyl sites for hydroxylation is 1. The smallest absolute Gasteiger partial charge is 0.165 e. The summed E-state index contributed by atoms with van der Waals surface area (Å²) in [5.41, 5.74) is 3.15. The van der Waals surface area contributed by atoms with E-state index in [4.69, 9.17) is 23.2 Å². The molecular weight excluding hydrogens is 433 g/mol. The number of carbonyl (C=O) groups is 1. The lowest BCUT2D eigenvalue weighted by atomic mass is 9.48. The van der Waals surface area contributed by atoms with E-state index in [1.54, 1.807) is 0 Å². The van der Waals surface area contributed by atoms with Gasteiger partial charge in [0.15, 0.2) is 5.78 Å². The average molecular weight is 465 g/mol. The van der Waals surface area contributed by atoms with Crippen molar-refractivity contribution in [1.29, 1.82) is 0 Å². The van der Waals surface area contributed by atoms with Gasteiger partial charge in [-0.3, -0.25) is 4.79 Å². The van der Waals surface area contributed by atoms with Crippen molar-refractivity contribution in [3.63, 3.8) is 0 Å². The van der Waals surface area contributed by atoms with Gasteiger partial charge in [0.25, 0.3) is 0 Å². The molecule has 0 radical (unpaired) electrons. The van der Waals surface area contributed by atoms with Gasteiger partial charge in [-0.15, -0.1) is 0 Å². The largest absolute Gasteiger partial charge is 0.343 e. The van der Waals surface area contributed by atoms with Gasteiger partial charge in [-0.1, -0.05) is 29.3 Å². The number of Topliss-reactive ketones (excluding diaryl/α,β-unsaturated/α-hetero) is 1. The van der Waals surface area contributed by atoms with Crippen molar-refractivity contribution >= 4 is 51.6 Å². The molecule has 4 aliphatic rings. The lowest BCUT2D eigenvalue weighted by molar-refractivity contribution is -0.0524. The highest BCUT2D eigenvalue weighted by molar-refractivity contribution is 7.98. The van der Waals surface area contributed by atoms with Crippen LogP contribution in [0, 0.1) is 30.1 Å². The molecule has 1 aromatic carbocycles. The molecule has 0 saturated heterocycles. The zero-order valence-corrected chi connectivity index (χ0v) is 20.3. The molecule has 5 heteroatoms. The van der Waals surface area contributed by atoms with Gasteiger partial charge < -0.3 is 4.57 Å². The molecule has 0 unspecified atom stereocenters. The van der Waals surface area contributed by atoms with Crippen LogP contribution in [0.5, 0.6) is 0 Å². The number of aromatic nitrogens is 1. The molecule has 1 aromatic heterocycles. The highest BCUT2D eigenvalue weighted by Gasteiger charge is 2.51. The Bertz CT molecular complexity index is 960. The summed E-state index contributed by atoms with van der Waals surface area (Å²) in [6.45, 7) is 2.96. The van der Waals surface area contributed by atoms with Crippen LogP contribution in [0.2, 0.25) is 10.0 Å². The molecule has 4 saturated carbocycles. The number of thioether (sulfide) groups is 1. The van der Waals surface area contributed by atoms with E-state index in [1.165, 1.54) is 38.5 Å². The van der Waals surface area contributed by atoms with Gasteiger partial charge in [0, 0.05) is 29.6 Å². The highest BCUT2D eigenvalue weighted by Crippen LogP contribution is 2.61. The fourth-order valence-corrected chi connectivity index (χ4v) is 8.27. The maximum Gasteiger partial charge on any atom is 0.165 e. The number of carbonyl (C=O) groups excluding carboxylic acids is 1. The van der Waals surface area contributed by atoms with Crippen LogP contribution in [0.4, 0.5) is 0 Å². The van der Waals surface area contributed by atoms with Crippen molar-refractivity contribution in [2.75, 3.05) is 12.0 Å². The number of benzene rings is 1. The van der Waals surface area contributed by atoms with Crippen LogP contribution >= 0.6 is 35.0 Å². The predicted molar refractivity (Wildman–Crippen MR) is 129 cm³/mol. The van der Waals surface area contributed by atoms with Gasteiger partial charge in [0.05, 0.1) is 15.6 Å². The summed E-state index contributed by atoms with van der Waals surface area (Å²) in [4.78, 5) is 13.8. The molecular formula is C25H31Cl2NOS. The second kappa shape index (κ2) is 8.05. The van der Waals surface area contributed by atoms with Crippen molar-refractivity contribution in [3.05, 3.63) is 33.4 Å². The van der Waals surface area contributed by atoms with Crippen LogP contribution in [0.15, 0.2) is 12.1 Å². The summed E-state index contributed by atoms with van der Waals surface area (Å²) in [6.07, 6.45) is 11.9. The predicted octanol–water partition coefficient (Wildman–Crippen LogP) is 7.80. The molecule has 0 aliphatic heterocycles. The maximum atomic E-state index is 13.8. The van der Waals surface area contributed by atoms with E-state index in [0.717, 1.165) is 58.6 Å². The normalized spacial score (nSPS) is 29.8. The summed E-state index contributed by atoms with van der Waals surface area (Å²) in [5, 5.41) is 2.13. The number of hydrogen-bond donors (Lipinski definition) is 0. The first-order valence-electron chi connectivity index (χ1n) is 11.4. The van der Waals surface area contributed by atoms with E-state index in [2.05, 4.69) is 17.7 Å². The summed E-state index contributed by atoms with van der Waals surface area (Å²) in [7, 11) is 0. The van der Waals surface area contributed by atoms with Crippen molar-refractivity contribution in [3.8, 4) is 0 Å². The zero-order valence-electron chi connectivity index (χ0n) is 18.0. The molecule has 4 fully saturated rings. The molecule has 0 spiro atoms. The molecule has 162 valence electrons. The zero-order chi connectivity index (χ0) is 21.0. The second-order valence-electron chi connectivity index (χ2n) is 10.2. The van der Waals surface area contributed by atoms with Gasteiger partial charge >= 0.3 is 0 Å². The monoisotopic (exact) mass is 463 g/mol. The number of fused-ring (bicyclic) bond motifs is 1. The standard InChI is InChI=1S/C25H31Cl2NOS/c1-15-22(19-4-5-20(26)23(27)24(19)28(15)6-3-7-30-2)21(29)14-25-11-16-8-17(12-25)10-18(9-16)13-25/h4-5,16-18H,3,6-14H2,1-2H3. The van der Waals surface area contributed by atoms with E-state index in [1.807, 2.05) is 23.9 Å². The van der Waals surface area contributed by atoms with Crippen LogP contribution in [0.1, 0.15) is 67.4 Å². The first-order chi connectivity index (χ1) is 14.4. The van der Waals surface area contributed by atoms with Crippen LogP contribution in [0.3, 0.4) is 0 Å². The Morgan fingerprint density at radius 2 is 1.77 bits per heavy atom. The van der Waals surface area contributed by atoms with E-state index in [9.17, 15) is 4.79 Å². The Labute approximate surface area is 194 Å². The minimum atomic E-state index is 0.252. The van der Waals surface area contributed by atoms with Gasteiger partial charge in [0.2, 0.25) is 0 Å². The number of ketones is 1. The first-order valence-corrected chi connectivity index (χ1v) is 13.5. The van der Waals surface area contributed by atoms with Crippen molar-refractivity contribution in [1.82, 2.24) is 4.57 Å². The third-order valence-electron chi connectivity index (χ3n) is 8.08. The Balaban J connectivity index is 1.51. The van der Waals surface area contributed by atoms with Gasteiger partial charge in [-0.2, -0.15) is 11.8 Å². The third kappa shape index (κ3) is 3.53. The summed E-state index contributed by atoms with van der Waals surface area (Å²) >= 11 is 14.9. The third-order valence-corrected chi connectivity index (χ3v) is 9.58. The Kier molecular flexibility index (Phi) is 5.69. The molecule has 2 nitrogen and oxygen atoms in total. The minimum absolute atomic E-state index is 0.252. The van der Waals surface area contributed by atoms with Gasteiger partial charge in [-0.05, 0) is 93.1 Å². The summed E-state index contributed by atoms with van der Waals surface area (Å²) in [6, 6.07) is 3.86. The molecule has 6 rings (SSSR count). The van der Waals surface area contributed by atoms with E-state index in [0.29, 0.717) is 22.2 Å². The van der Waals surface area contributed by atoms with Crippen LogP contribution in [-0.4, -0.2) is 22.4 Å². The number of rotatable bonds is 7. The molecule has 0 amide bonds. The Morgan fingerprint density at radius 1 is 1.13 bits per heavy atom. The fourth-order valence-electron chi connectivity index (χ4n) is 7.44. The van der Waals surface area contributed by atoms with Crippen LogP contribution < -0.4 is 0 Å². The van der Waals surface area contributed by atoms with Gasteiger partial charge in [0.1, 0.15) is 0 Å². The van der Waals surface area contributed by atoms with Crippen LogP contribution in [-0.2, 0) is 6.54 Å². The second-order valence-corrected chi connectivity index (χ2v) is 12.0. The van der Waals surface area contributed by atoms with E-state index < -0.39 is 0 Å². The maximum absolute atomic E-state index is 13.8. The van der Waals surface area contributed by atoms with Crippen LogP contribution in [0.25, 0.3) is 10.9 Å². The van der Waals surface area contributed by atoms with Crippen molar-refractivity contribution in [2.45, 2.75) is 64.8 Å². The molecule has 4 aliphatic carbocycles. The fraction of sp³-hybridized carbons (Fsp3) is 0.640. The van der Waals surface area contributed by atoms with Crippen molar-refractivity contribution < 1.29 is 4.79 Å². The average Bonchev–Trinajstić information content (AvgIpc) is 2.96. The van der Waals surface area contributed by atoms with Crippen molar-refractivity contribution in [2.24, 2.45) is 23.2 Å². The Hall–Kier alpha value is -0.640. The quantitative estimate of drug-likeness (QED) is 0.308.